The maximum absolute atomic E-state index is 12.3. The molecule has 1 aliphatic rings. The van der Waals surface area contributed by atoms with Crippen LogP contribution in [0.25, 0.3) is 0 Å². The maximum Gasteiger partial charge on any atom is 0.289 e. The van der Waals surface area contributed by atoms with Gasteiger partial charge in [-0.25, -0.2) is 0 Å². The maximum atomic E-state index is 12.3. The minimum Gasteiger partial charge on any atom is -0.459 e. The van der Waals surface area contributed by atoms with E-state index >= 15 is 0 Å². The molecule has 1 aliphatic heterocycles. The number of nitrogens with one attached hydrogen (secondary N) is 1. The van der Waals surface area contributed by atoms with Crippen molar-refractivity contribution in [3.05, 3.63) is 60.1 Å². The number of likely N-dealkylation sites (tertiary alicyclic amines) is 1. The third-order valence-corrected chi connectivity index (χ3v) is 4.30. The van der Waals surface area contributed by atoms with Gasteiger partial charge in [-0.3, -0.25) is 9.59 Å². The summed E-state index contributed by atoms with van der Waals surface area (Å²) < 4.78 is 5.14. The largest absolute Gasteiger partial charge is 0.459 e. The molecule has 2 amide bonds. The van der Waals surface area contributed by atoms with Crippen molar-refractivity contribution in [2.24, 2.45) is 5.73 Å². The van der Waals surface area contributed by atoms with E-state index in [1.54, 1.807) is 17.0 Å². The molecule has 0 saturated carbocycles. The Kier molecular flexibility index (Phi) is 4.96. The number of furan rings is 1. The normalized spacial score (nSPS) is 16.6. The van der Waals surface area contributed by atoms with E-state index in [9.17, 15) is 9.59 Å². The minimum atomic E-state index is -0.672. The van der Waals surface area contributed by atoms with Gasteiger partial charge < -0.3 is 20.4 Å². The summed E-state index contributed by atoms with van der Waals surface area (Å²) >= 11 is 0. The van der Waals surface area contributed by atoms with Crippen LogP contribution in [0.15, 0.2) is 53.1 Å². The molecule has 0 spiro atoms. The van der Waals surface area contributed by atoms with Crippen LogP contribution in [0, 0.1) is 0 Å². The molecule has 1 saturated heterocycles. The molecule has 126 valence electrons. The van der Waals surface area contributed by atoms with Gasteiger partial charge in [0.15, 0.2) is 5.76 Å². The van der Waals surface area contributed by atoms with Gasteiger partial charge in [-0.2, -0.15) is 0 Å². The van der Waals surface area contributed by atoms with Gasteiger partial charge >= 0.3 is 0 Å². The monoisotopic (exact) mass is 327 g/mol. The first-order valence-electron chi connectivity index (χ1n) is 8.09. The summed E-state index contributed by atoms with van der Waals surface area (Å²) in [7, 11) is 0. The highest BCUT2D eigenvalue weighted by Crippen LogP contribution is 2.16. The molecule has 1 atom stereocenters. The van der Waals surface area contributed by atoms with Crippen LogP contribution >= 0.6 is 0 Å². The molecule has 0 aliphatic carbocycles. The number of hydrogen-bond donors (Lipinski definition) is 2. The number of hydrogen-bond acceptors (Lipinski definition) is 4. The van der Waals surface area contributed by atoms with Crippen LogP contribution in [0.1, 0.15) is 35.0 Å². The molecule has 6 nitrogen and oxygen atoms in total. The van der Waals surface area contributed by atoms with Crippen molar-refractivity contribution >= 4 is 11.8 Å². The fourth-order valence-corrected chi connectivity index (χ4v) is 2.89. The molecule has 1 aromatic carbocycles. The highest BCUT2D eigenvalue weighted by atomic mass is 16.3. The first-order valence-corrected chi connectivity index (χ1v) is 8.09. The predicted octanol–water partition coefficient (Wildman–Crippen LogP) is 1.70. The highest BCUT2D eigenvalue weighted by molar-refractivity contribution is 5.91. The quantitative estimate of drug-likeness (QED) is 0.894. The smallest absolute Gasteiger partial charge is 0.289 e. The standard InChI is InChI=1S/C18H21N3O3/c19-16(13-5-2-1-3-6-13)17(22)20-14-8-10-21(11-9-14)18(23)15-7-4-12-24-15/h1-7,12,14,16H,8-11,19H2,(H,20,22). The summed E-state index contributed by atoms with van der Waals surface area (Å²) in [6.45, 7) is 1.18. The van der Waals surface area contributed by atoms with Crippen molar-refractivity contribution < 1.29 is 14.0 Å². The lowest BCUT2D eigenvalue weighted by atomic mass is 10.0. The highest BCUT2D eigenvalue weighted by Gasteiger charge is 2.27. The summed E-state index contributed by atoms with van der Waals surface area (Å²) in [4.78, 5) is 26.2. The van der Waals surface area contributed by atoms with E-state index in [2.05, 4.69) is 5.32 Å². The molecule has 0 radical (unpaired) electrons. The van der Waals surface area contributed by atoms with Crippen LogP contribution in [-0.4, -0.2) is 35.8 Å². The molecule has 2 aromatic rings. The number of carbonyl (C=O) groups is 2. The molecule has 3 N–H and O–H groups in total. The number of carbonyl (C=O) groups excluding carboxylic acids is 2. The molecule has 1 fully saturated rings. The number of nitrogens with zero attached hydrogens (tertiary/aromatic N) is 1. The van der Waals surface area contributed by atoms with Gasteiger partial charge in [0.1, 0.15) is 6.04 Å². The lowest BCUT2D eigenvalue weighted by Crippen LogP contribution is -2.48. The fraction of sp³-hybridized carbons (Fsp3) is 0.333. The lowest BCUT2D eigenvalue weighted by molar-refractivity contribution is -0.123. The second-order valence-electron chi connectivity index (χ2n) is 5.94. The zero-order chi connectivity index (χ0) is 16.9. The molecule has 2 heterocycles. The van der Waals surface area contributed by atoms with Gasteiger partial charge in [0.05, 0.1) is 6.26 Å². The molecule has 1 unspecified atom stereocenters. The van der Waals surface area contributed by atoms with Crippen LogP contribution in [0.2, 0.25) is 0 Å². The summed E-state index contributed by atoms with van der Waals surface area (Å²) in [5, 5.41) is 2.99. The van der Waals surface area contributed by atoms with E-state index in [1.807, 2.05) is 30.3 Å². The Morgan fingerprint density at radius 2 is 1.83 bits per heavy atom. The summed E-state index contributed by atoms with van der Waals surface area (Å²) in [5.41, 5.74) is 6.80. The third-order valence-electron chi connectivity index (χ3n) is 4.30. The molecular formula is C18H21N3O3. The Morgan fingerprint density at radius 1 is 1.12 bits per heavy atom. The van der Waals surface area contributed by atoms with Crippen molar-refractivity contribution in [1.82, 2.24) is 10.2 Å². The number of nitrogens with two attached hydrogens (primary N) is 1. The zero-order valence-corrected chi connectivity index (χ0v) is 13.4. The van der Waals surface area contributed by atoms with Gasteiger partial charge in [-0.15, -0.1) is 0 Å². The average molecular weight is 327 g/mol. The topological polar surface area (TPSA) is 88.6 Å². The van der Waals surface area contributed by atoms with Crippen molar-refractivity contribution in [2.45, 2.75) is 24.9 Å². The average Bonchev–Trinajstić information content (AvgIpc) is 3.16. The second-order valence-corrected chi connectivity index (χ2v) is 5.94. The molecule has 6 heteroatoms. The van der Waals surface area contributed by atoms with Gasteiger partial charge in [-0.05, 0) is 30.5 Å². The Labute approximate surface area is 140 Å². The Bertz CT molecular complexity index is 677. The second kappa shape index (κ2) is 7.31. The van der Waals surface area contributed by atoms with Gasteiger partial charge in [0.2, 0.25) is 5.91 Å². The summed E-state index contributed by atoms with van der Waals surface area (Å²) in [6, 6.07) is 12.0. The van der Waals surface area contributed by atoms with Crippen molar-refractivity contribution in [1.29, 1.82) is 0 Å². The number of amides is 2. The van der Waals surface area contributed by atoms with Gasteiger partial charge in [0.25, 0.3) is 5.91 Å². The van der Waals surface area contributed by atoms with Crippen LogP contribution < -0.4 is 11.1 Å². The minimum absolute atomic E-state index is 0.0351. The predicted molar refractivity (Wildman–Crippen MR) is 89.1 cm³/mol. The van der Waals surface area contributed by atoms with Crippen LogP contribution in [0.3, 0.4) is 0 Å². The summed E-state index contributed by atoms with van der Waals surface area (Å²) in [6.07, 6.45) is 2.91. The summed E-state index contributed by atoms with van der Waals surface area (Å²) in [5.74, 6) is 0.0614. The van der Waals surface area contributed by atoms with E-state index in [0.717, 1.165) is 5.56 Å². The number of piperidine rings is 1. The van der Waals surface area contributed by atoms with Crippen molar-refractivity contribution in [3.8, 4) is 0 Å². The third kappa shape index (κ3) is 3.65. The molecule has 24 heavy (non-hydrogen) atoms. The zero-order valence-electron chi connectivity index (χ0n) is 13.4. The van der Waals surface area contributed by atoms with Gasteiger partial charge in [-0.1, -0.05) is 30.3 Å². The fourth-order valence-electron chi connectivity index (χ4n) is 2.89. The Hall–Kier alpha value is -2.60. The number of rotatable bonds is 4. The van der Waals surface area contributed by atoms with Crippen molar-refractivity contribution in [2.75, 3.05) is 13.1 Å². The van der Waals surface area contributed by atoms with E-state index in [0.29, 0.717) is 31.7 Å². The van der Waals surface area contributed by atoms with E-state index in [-0.39, 0.29) is 17.9 Å². The first kappa shape index (κ1) is 16.3. The van der Waals surface area contributed by atoms with Crippen LogP contribution in [0.5, 0.6) is 0 Å². The van der Waals surface area contributed by atoms with E-state index in [4.69, 9.17) is 10.2 Å². The molecule has 1 aromatic heterocycles. The Balaban J connectivity index is 1.50. The molecular weight excluding hydrogens is 306 g/mol. The van der Waals surface area contributed by atoms with E-state index in [1.165, 1.54) is 6.26 Å². The Morgan fingerprint density at radius 3 is 2.46 bits per heavy atom. The van der Waals surface area contributed by atoms with Gasteiger partial charge in [0, 0.05) is 19.1 Å². The number of benzene rings is 1. The molecule has 0 bridgehead atoms. The van der Waals surface area contributed by atoms with Crippen LogP contribution in [-0.2, 0) is 4.79 Å². The SMILES string of the molecule is NC(C(=O)NC1CCN(C(=O)c2ccco2)CC1)c1ccccc1. The first-order chi connectivity index (χ1) is 11.6. The van der Waals surface area contributed by atoms with Crippen LogP contribution in [0.4, 0.5) is 0 Å². The lowest BCUT2D eigenvalue weighted by Gasteiger charge is -2.32. The van der Waals surface area contributed by atoms with Crippen molar-refractivity contribution in [3.63, 3.8) is 0 Å². The molecule has 3 rings (SSSR count). The van der Waals surface area contributed by atoms with E-state index < -0.39 is 6.04 Å².